The van der Waals surface area contributed by atoms with E-state index in [1.165, 1.54) is 104 Å². The molecule has 4 nitrogen and oxygen atoms in total. The highest BCUT2D eigenvalue weighted by atomic mass is 79.9. The predicted molar refractivity (Wildman–Crippen MR) is 263 cm³/mol. The van der Waals surface area contributed by atoms with Crippen molar-refractivity contribution in [3.05, 3.63) is 86.8 Å². The number of esters is 2. The van der Waals surface area contributed by atoms with Gasteiger partial charge in [0, 0.05) is 43.6 Å². The van der Waals surface area contributed by atoms with E-state index in [0.29, 0.717) is 26.1 Å². The highest BCUT2D eigenvalue weighted by molar-refractivity contribution is 9.12. The Kier molecular flexibility index (Phi) is 28.8. The summed E-state index contributed by atoms with van der Waals surface area (Å²) >= 11 is 14.2. The number of unbranched alkanes of at least 4 members (excludes halogenated alkanes) is 10. The first-order valence-corrected chi connectivity index (χ1v) is 25.7. The Morgan fingerprint density at radius 2 is 0.931 bits per heavy atom. The standard InChI is InChI=1S/C26H40O2.C13H18Br2O2.C11H16Br2/c1-5-7-8-10-14-23-16-20(3)17-25(23)24-18-21(4)22(19-24)13-11-9-12-15-26(27)28-6-2;1-2-17-13(16)7-5-3-4-6-10-8-11(14)9-12(10)15;1-2-3-4-5-6-9-7-10(12)8-11(9)13/h16,19H,5-15,17-18H2,1-4H3;8H,2-7,9H2,1H3;7H,2-6,8H2,1H3. The number of hydrogen-bond acceptors (Lipinski definition) is 4. The molecule has 4 aliphatic rings. The van der Waals surface area contributed by atoms with Crippen LogP contribution in [0.1, 0.15) is 196 Å². The SMILES string of the molecule is CCCCCCC1=C(Br)CC(Br)=C1.CCCCCCC1=C(C2=CC(CCCCCC(=O)OCC)=C(C)C2)CC(C)=C1.CCOC(=O)CCCCCC1=C(Br)CC(Br)=C1. The zero-order chi connectivity index (χ0) is 42.7. The molecule has 0 aromatic rings. The van der Waals surface area contributed by atoms with Crippen LogP contribution in [0.3, 0.4) is 0 Å². The normalized spacial score (nSPS) is 16.2. The van der Waals surface area contributed by atoms with E-state index in [1.807, 2.05) is 13.8 Å². The second-order valence-corrected chi connectivity index (χ2v) is 20.0. The zero-order valence-electron chi connectivity index (χ0n) is 36.8. The molecule has 0 atom stereocenters. The van der Waals surface area contributed by atoms with Gasteiger partial charge in [-0.3, -0.25) is 9.59 Å². The minimum Gasteiger partial charge on any atom is -0.466 e. The van der Waals surface area contributed by atoms with Crippen molar-refractivity contribution in [3.63, 3.8) is 0 Å². The van der Waals surface area contributed by atoms with Crippen LogP contribution in [0.5, 0.6) is 0 Å². The minimum absolute atomic E-state index is 0.0524. The number of carbonyl (C=O) groups is 2. The van der Waals surface area contributed by atoms with Crippen LogP contribution in [0, 0.1) is 0 Å². The molecule has 0 spiro atoms. The van der Waals surface area contributed by atoms with Crippen molar-refractivity contribution in [1.29, 1.82) is 0 Å². The molecular formula is C50H74Br4O4. The third kappa shape index (κ3) is 22.0. The number of allylic oxidation sites excluding steroid dienone is 16. The lowest BCUT2D eigenvalue weighted by atomic mass is 9.95. The summed E-state index contributed by atoms with van der Waals surface area (Å²) in [6.45, 7) is 13.8. The Labute approximate surface area is 387 Å². The summed E-state index contributed by atoms with van der Waals surface area (Å²) in [6.07, 6.45) is 36.6. The van der Waals surface area contributed by atoms with Gasteiger partial charge in [0.05, 0.1) is 13.2 Å². The third-order valence-corrected chi connectivity index (χ3v) is 13.5. The molecule has 8 heteroatoms. The summed E-state index contributed by atoms with van der Waals surface area (Å²) in [5.41, 5.74) is 12.3. The van der Waals surface area contributed by atoms with Crippen molar-refractivity contribution >= 4 is 75.7 Å². The fourth-order valence-corrected chi connectivity index (χ4v) is 10.8. The van der Waals surface area contributed by atoms with Crippen molar-refractivity contribution in [2.75, 3.05) is 13.2 Å². The summed E-state index contributed by atoms with van der Waals surface area (Å²) in [5.74, 6) is -0.125. The average Bonchev–Trinajstić information content (AvgIpc) is 3.93. The quantitative estimate of drug-likeness (QED) is 0.0675. The zero-order valence-corrected chi connectivity index (χ0v) is 43.2. The minimum atomic E-state index is -0.0728. The molecule has 0 unspecified atom stereocenters. The molecule has 0 aliphatic heterocycles. The van der Waals surface area contributed by atoms with Gasteiger partial charge in [0.15, 0.2) is 0 Å². The molecule has 0 amide bonds. The molecule has 0 aromatic carbocycles. The molecule has 0 heterocycles. The Morgan fingerprint density at radius 1 is 0.500 bits per heavy atom. The van der Waals surface area contributed by atoms with E-state index in [-0.39, 0.29) is 11.9 Å². The number of halogens is 4. The van der Waals surface area contributed by atoms with Crippen LogP contribution < -0.4 is 0 Å². The highest BCUT2D eigenvalue weighted by Crippen LogP contribution is 2.41. The number of rotatable bonds is 25. The number of carbonyl (C=O) groups excluding carboxylic acids is 2. The third-order valence-electron chi connectivity index (χ3n) is 10.9. The summed E-state index contributed by atoms with van der Waals surface area (Å²) in [4.78, 5) is 22.5. The van der Waals surface area contributed by atoms with Crippen LogP contribution in [0.2, 0.25) is 0 Å². The van der Waals surface area contributed by atoms with Gasteiger partial charge < -0.3 is 9.47 Å². The summed E-state index contributed by atoms with van der Waals surface area (Å²) in [5, 5.41) is 0. The van der Waals surface area contributed by atoms with Crippen molar-refractivity contribution in [3.8, 4) is 0 Å². The molecule has 0 radical (unpaired) electrons. The second-order valence-electron chi connectivity index (χ2n) is 16.1. The Balaban J connectivity index is 0.000000328. The smallest absolute Gasteiger partial charge is 0.305 e. The fourth-order valence-electron chi connectivity index (χ4n) is 7.68. The van der Waals surface area contributed by atoms with Gasteiger partial charge in [-0.2, -0.15) is 0 Å². The first-order valence-electron chi connectivity index (χ1n) is 22.5. The molecule has 0 N–H and O–H groups in total. The molecule has 0 fully saturated rings. The molecule has 0 aromatic heterocycles. The maximum Gasteiger partial charge on any atom is 0.305 e. The summed E-state index contributed by atoms with van der Waals surface area (Å²) < 4.78 is 15.1. The largest absolute Gasteiger partial charge is 0.466 e. The first kappa shape index (κ1) is 52.9. The van der Waals surface area contributed by atoms with E-state index in [0.717, 1.165) is 77.0 Å². The van der Waals surface area contributed by atoms with Gasteiger partial charge in [0.2, 0.25) is 0 Å². The van der Waals surface area contributed by atoms with Crippen LogP contribution in [0.4, 0.5) is 0 Å². The lowest BCUT2D eigenvalue weighted by molar-refractivity contribution is -0.144. The molecule has 0 saturated heterocycles. The van der Waals surface area contributed by atoms with E-state index in [2.05, 4.69) is 116 Å². The Hall–Kier alpha value is -1.22. The fraction of sp³-hybridized carbons (Fsp3) is 0.640. The second kappa shape index (κ2) is 31.6. The van der Waals surface area contributed by atoms with Crippen LogP contribution in [-0.4, -0.2) is 25.2 Å². The Bertz CT molecular complexity index is 1570. The molecule has 58 heavy (non-hydrogen) atoms. The number of hydrogen-bond donors (Lipinski definition) is 0. The van der Waals surface area contributed by atoms with E-state index in [4.69, 9.17) is 9.47 Å². The van der Waals surface area contributed by atoms with Crippen molar-refractivity contribution in [2.45, 2.75) is 196 Å². The van der Waals surface area contributed by atoms with Crippen molar-refractivity contribution in [1.82, 2.24) is 0 Å². The van der Waals surface area contributed by atoms with Crippen molar-refractivity contribution < 1.29 is 19.1 Å². The van der Waals surface area contributed by atoms with Gasteiger partial charge >= 0.3 is 11.9 Å². The summed E-state index contributed by atoms with van der Waals surface area (Å²) in [6, 6.07) is 0. The molecule has 326 valence electrons. The topological polar surface area (TPSA) is 52.6 Å². The van der Waals surface area contributed by atoms with Gasteiger partial charge in [-0.05, 0) is 150 Å². The molecule has 4 rings (SSSR count). The van der Waals surface area contributed by atoms with E-state index in [9.17, 15) is 9.59 Å². The number of ether oxygens (including phenoxy) is 2. The van der Waals surface area contributed by atoms with Gasteiger partial charge in [-0.15, -0.1) is 0 Å². The molecular weight excluding hydrogens is 984 g/mol. The van der Waals surface area contributed by atoms with Gasteiger partial charge in [0.25, 0.3) is 0 Å². The Morgan fingerprint density at radius 3 is 1.34 bits per heavy atom. The van der Waals surface area contributed by atoms with E-state index >= 15 is 0 Å². The maximum atomic E-state index is 11.4. The predicted octanol–water partition coefficient (Wildman–Crippen LogP) is 17.9. The molecule has 0 bridgehead atoms. The monoisotopic (exact) mass is 1050 g/mol. The lowest BCUT2D eigenvalue weighted by Crippen LogP contribution is -2.03. The van der Waals surface area contributed by atoms with Gasteiger partial charge in [0.1, 0.15) is 0 Å². The van der Waals surface area contributed by atoms with Crippen molar-refractivity contribution in [2.24, 2.45) is 0 Å². The van der Waals surface area contributed by atoms with Crippen LogP contribution in [-0.2, 0) is 19.1 Å². The van der Waals surface area contributed by atoms with Crippen LogP contribution in [0.15, 0.2) is 86.8 Å². The average molecular weight is 1060 g/mol. The maximum absolute atomic E-state index is 11.4. The first-order chi connectivity index (χ1) is 27.9. The molecule has 4 aliphatic carbocycles. The van der Waals surface area contributed by atoms with Crippen LogP contribution >= 0.6 is 63.7 Å². The van der Waals surface area contributed by atoms with E-state index < -0.39 is 0 Å². The lowest BCUT2D eigenvalue weighted by Gasteiger charge is -2.09. The molecule has 0 saturated carbocycles. The van der Waals surface area contributed by atoms with Gasteiger partial charge in [-0.25, -0.2) is 0 Å². The highest BCUT2D eigenvalue weighted by Gasteiger charge is 2.21. The van der Waals surface area contributed by atoms with E-state index in [1.54, 1.807) is 22.3 Å². The summed E-state index contributed by atoms with van der Waals surface area (Å²) in [7, 11) is 0. The van der Waals surface area contributed by atoms with Crippen LogP contribution in [0.25, 0.3) is 0 Å². The van der Waals surface area contributed by atoms with Gasteiger partial charge in [-0.1, -0.05) is 152 Å².